The maximum atomic E-state index is 11.8. The summed E-state index contributed by atoms with van der Waals surface area (Å²) < 4.78 is 23.5. The summed E-state index contributed by atoms with van der Waals surface area (Å²) >= 11 is 5.46. The number of hydrogen-bond acceptors (Lipinski definition) is 0. The van der Waals surface area contributed by atoms with Gasteiger partial charge in [0.05, 0.1) is 0 Å². The van der Waals surface area contributed by atoms with Gasteiger partial charge in [0, 0.05) is 10.6 Å². The molecule has 0 fully saturated rings. The van der Waals surface area contributed by atoms with Crippen molar-refractivity contribution in [3.05, 3.63) is 41.3 Å². The van der Waals surface area contributed by atoms with Crippen LogP contribution in [-0.4, -0.2) is 0 Å². The first-order valence-electron chi connectivity index (χ1n) is 2.64. The molecule has 0 heterocycles. The van der Waals surface area contributed by atoms with Crippen molar-refractivity contribution in [1.29, 1.82) is 0 Å². The highest BCUT2D eigenvalue weighted by atomic mass is 35.5. The van der Waals surface area contributed by atoms with Crippen molar-refractivity contribution >= 4 is 11.6 Å². The Balaban J connectivity index is 2.89. The molecule has 0 nitrogen and oxygen atoms in total. The third-order valence-corrected chi connectivity index (χ3v) is 1.31. The van der Waals surface area contributed by atoms with Gasteiger partial charge in [0.2, 0.25) is 0 Å². The van der Waals surface area contributed by atoms with E-state index in [0.29, 0.717) is 5.02 Å². The van der Waals surface area contributed by atoms with Crippen molar-refractivity contribution in [3.8, 4) is 0 Å². The summed E-state index contributed by atoms with van der Waals surface area (Å²) in [5.41, 5.74) is -0.0793. The van der Waals surface area contributed by atoms with E-state index in [9.17, 15) is 8.78 Å². The summed E-state index contributed by atoms with van der Waals surface area (Å²) in [7, 11) is 0. The van der Waals surface area contributed by atoms with E-state index in [2.05, 4.69) is 0 Å². The molecule has 0 aliphatic rings. The second-order valence-corrected chi connectivity index (χ2v) is 2.20. The number of rotatable bonds is 1. The Hall–Kier alpha value is -0.630. The van der Waals surface area contributed by atoms with Crippen LogP contribution in [0.15, 0.2) is 24.3 Å². The average molecular weight is 162 g/mol. The van der Waals surface area contributed by atoms with Gasteiger partial charge in [-0.1, -0.05) is 23.7 Å². The van der Waals surface area contributed by atoms with Gasteiger partial charge in [-0.2, -0.15) is 8.78 Å². The van der Waals surface area contributed by atoms with E-state index in [1.54, 1.807) is 0 Å². The predicted molar refractivity (Wildman–Crippen MR) is 36.0 cm³/mol. The molecule has 1 aromatic carbocycles. The summed E-state index contributed by atoms with van der Waals surface area (Å²) in [5, 5.41) is 0.463. The van der Waals surface area contributed by atoms with Crippen LogP contribution in [-0.2, 0) is 0 Å². The Morgan fingerprint density at radius 1 is 1.10 bits per heavy atom. The first kappa shape index (κ1) is 7.48. The highest BCUT2D eigenvalue weighted by molar-refractivity contribution is 6.30. The maximum absolute atomic E-state index is 11.8. The van der Waals surface area contributed by atoms with Crippen LogP contribution < -0.4 is 0 Å². The average Bonchev–Trinajstić information content (AvgIpc) is 1.88. The van der Waals surface area contributed by atoms with Gasteiger partial charge in [-0.15, -0.1) is 0 Å². The predicted octanol–water partition coefficient (Wildman–Crippen LogP) is 3.12. The van der Waals surface area contributed by atoms with E-state index in [1.807, 2.05) is 0 Å². The van der Waals surface area contributed by atoms with Gasteiger partial charge in [0.15, 0.2) is 0 Å². The highest BCUT2D eigenvalue weighted by Gasteiger charge is 2.07. The fraction of sp³-hybridized carbons (Fsp3) is 0. The van der Waals surface area contributed by atoms with Gasteiger partial charge < -0.3 is 0 Å². The summed E-state index contributed by atoms with van der Waals surface area (Å²) in [4.78, 5) is 0. The first-order chi connectivity index (χ1) is 4.70. The Morgan fingerprint density at radius 3 is 2.00 bits per heavy atom. The quantitative estimate of drug-likeness (QED) is 0.594. The third-order valence-electron chi connectivity index (χ3n) is 1.06. The normalized spacial score (nSPS) is 10.4. The Morgan fingerprint density at radius 2 is 1.60 bits per heavy atom. The SMILES string of the molecule is F[C](F)c1ccc(Cl)cc1. The number of benzene rings is 1. The molecule has 0 aliphatic carbocycles. The van der Waals surface area contributed by atoms with Crippen LogP contribution in [0.2, 0.25) is 5.02 Å². The van der Waals surface area contributed by atoms with E-state index in [1.165, 1.54) is 24.3 Å². The molecule has 1 aromatic rings. The monoisotopic (exact) mass is 161 g/mol. The molecule has 0 unspecified atom stereocenters. The van der Waals surface area contributed by atoms with Crippen LogP contribution in [0.5, 0.6) is 0 Å². The second-order valence-electron chi connectivity index (χ2n) is 1.77. The van der Waals surface area contributed by atoms with E-state index in [0.717, 1.165) is 0 Å². The lowest BCUT2D eigenvalue weighted by molar-refractivity contribution is 0.325. The molecule has 1 rings (SSSR count). The van der Waals surface area contributed by atoms with Gasteiger partial charge in [-0.25, -0.2) is 0 Å². The molecule has 0 saturated heterocycles. The van der Waals surface area contributed by atoms with Crippen LogP contribution >= 0.6 is 11.6 Å². The molecule has 0 aliphatic heterocycles. The smallest absolute Gasteiger partial charge is 0.194 e. The maximum Gasteiger partial charge on any atom is 0.339 e. The minimum atomic E-state index is -1.68. The minimum Gasteiger partial charge on any atom is -0.194 e. The van der Waals surface area contributed by atoms with Crippen molar-refractivity contribution in [3.63, 3.8) is 0 Å². The first-order valence-corrected chi connectivity index (χ1v) is 3.02. The van der Waals surface area contributed by atoms with Crippen LogP contribution in [0.1, 0.15) is 5.56 Å². The van der Waals surface area contributed by atoms with Gasteiger partial charge in [-0.3, -0.25) is 0 Å². The van der Waals surface area contributed by atoms with Crippen molar-refractivity contribution in [1.82, 2.24) is 0 Å². The van der Waals surface area contributed by atoms with E-state index in [-0.39, 0.29) is 5.56 Å². The van der Waals surface area contributed by atoms with Crippen LogP contribution in [0, 0.1) is 6.43 Å². The fourth-order valence-corrected chi connectivity index (χ4v) is 0.702. The zero-order chi connectivity index (χ0) is 7.56. The molecule has 0 N–H and O–H groups in total. The molecule has 1 radical (unpaired) electrons. The topological polar surface area (TPSA) is 0 Å². The highest BCUT2D eigenvalue weighted by Crippen LogP contribution is 2.19. The van der Waals surface area contributed by atoms with Gasteiger partial charge in [-0.05, 0) is 12.1 Å². The van der Waals surface area contributed by atoms with Crippen molar-refractivity contribution in [2.45, 2.75) is 0 Å². The molecule has 10 heavy (non-hydrogen) atoms. The van der Waals surface area contributed by atoms with Crippen molar-refractivity contribution in [2.75, 3.05) is 0 Å². The lowest BCUT2D eigenvalue weighted by atomic mass is 10.2. The Kier molecular flexibility index (Phi) is 2.22. The number of halogens is 3. The zero-order valence-corrected chi connectivity index (χ0v) is 5.70. The van der Waals surface area contributed by atoms with E-state index < -0.39 is 6.43 Å². The lowest BCUT2D eigenvalue weighted by Gasteiger charge is -1.94. The third kappa shape index (κ3) is 1.67. The van der Waals surface area contributed by atoms with Crippen molar-refractivity contribution in [2.24, 2.45) is 0 Å². The summed E-state index contributed by atoms with van der Waals surface area (Å²) in [6.45, 7) is 0. The second kappa shape index (κ2) is 2.97. The largest absolute Gasteiger partial charge is 0.339 e. The minimum absolute atomic E-state index is 0.0793. The molecule has 0 bridgehead atoms. The molecule has 3 heteroatoms. The molecule has 0 aromatic heterocycles. The lowest BCUT2D eigenvalue weighted by Crippen LogP contribution is -1.81. The van der Waals surface area contributed by atoms with Gasteiger partial charge in [0.1, 0.15) is 0 Å². The summed E-state index contributed by atoms with van der Waals surface area (Å²) in [6, 6.07) is 5.40. The van der Waals surface area contributed by atoms with Gasteiger partial charge >= 0.3 is 6.43 Å². The molecule has 0 saturated carbocycles. The Labute approximate surface area is 62.4 Å². The van der Waals surface area contributed by atoms with Gasteiger partial charge in [0.25, 0.3) is 0 Å². The fourth-order valence-electron chi connectivity index (χ4n) is 0.576. The zero-order valence-electron chi connectivity index (χ0n) is 4.94. The molecule has 0 atom stereocenters. The molecular weight excluding hydrogens is 158 g/mol. The van der Waals surface area contributed by atoms with Crippen LogP contribution in [0.25, 0.3) is 0 Å². The van der Waals surface area contributed by atoms with Crippen LogP contribution in [0.3, 0.4) is 0 Å². The molecule has 53 valence electrons. The van der Waals surface area contributed by atoms with Crippen molar-refractivity contribution < 1.29 is 8.78 Å². The Bertz CT molecular complexity index is 205. The van der Waals surface area contributed by atoms with E-state index >= 15 is 0 Å². The van der Waals surface area contributed by atoms with E-state index in [4.69, 9.17) is 11.6 Å². The number of hydrogen-bond donors (Lipinski definition) is 0. The molecule has 0 amide bonds. The summed E-state index contributed by atoms with van der Waals surface area (Å²) in [6.07, 6.45) is -1.68. The summed E-state index contributed by atoms with van der Waals surface area (Å²) in [5.74, 6) is 0. The molecular formula is C7H4ClF2. The molecule has 0 spiro atoms. The standard InChI is InChI=1S/C7H4ClF2/c8-6-3-1-5(2-4-6)7(9)10/h1-4H. The van der Waals surface area contributed by atoms with Crippen LogP contribution in [0.4, 0.5) is 8.78 Å².